The van der Waals surface area contributed by atoms with Crippen LogP contribution in [-0.4, -0.2) is 136 Å². The van der Waals surface area contributed by atoms with E-state index in [4.69, 9.17) is 9.57 Å². The average Bonchev–Trinajstić information content (AvgIpc) is 3.59. The molecule has 13 nitrogen and oxygen atoms in total. The number of likely N-dealkylation sites (N-methyl/N-ethyl adjacent to an activating group) is 2. The Morgan fingerprint density at radius 2 is 1.74 bits per heavy atom. The number of carbonyl (C=O) groups excluding carboxylic acids is 2. The fourth-order valence-electron chi connectivity index (χ4n) is 10.3. The van der Waals surface area contributed by atoms with E-state index in [1.165, 1.54) is 6.42 Å². The van der Waals surface area contributed by atoms with Crippen LogP contribution >= 0.6 is 0 Å². The van der Waals surface area contributed by atoms with Crippen molar-refractivity contribution in [1.29, 1.82) is 0 Å². The number of para-hydroxylation sites is 1. The molecule has 4 fully saturated rings. The van der Waals surface area contributed by atoms with Gasteiger partial charge in [0.05, 0.1) is 33.0 Å². The number of nitrogens with zero attached hydrogens (tertiary/aromatic N) is 4. The van der Waals surface area contributed by atoms with Crippen molar-refractivity contribution in [2.75, 3.05) is 78.5 Å². The zero-order valence-electron chi connectivity index (χ0n) is 37.9. The van der Waals surface area contributed by atoms with Crippen molar-refractivity contribution >= 4 is 23.2 Å². The van der Waals surface area contributed by atoms with Crippen LogP contribution in [-0.2, 0) is 22.6 Å². The van der Waals surface area contributed by atoms with Gasteiger partial charge in [-0.2, -0.15) is 5.06 Å². The highest BCUT2D eigenvalue weighted by molar-refractivity contribution is 5.97. The van der Waals surface area contributed by atoms with Crippen molar-refractivity contribution in [2.24, 2.45) is 29.1 Å². The molecule has 3 aromatic rings. The number of methoxy groups -OCH3 is 1. The predicted molar refractivity (Wildman–Crippen MR) is 241 cm³/mol. The fourth-order valence-corrected chi connectivity index (χ4v) is 10.3. The number of hydrogen-bond donors (Lipinski definition) is 5. The minimum Gasteiger partial charge on any atom is -0.496 e. The molecule has 3 aliphatic carbocycles. The molecule has 334 valence electrons. The number of amides is 2. The summed E-state index contributed by atoms with van der Waals surface area (Å²) in [6.45, 7) is 9.56. The van der Waals surface area contributed by atoms with Crippen molar-refractivity contribution in [3.63, 3.8) is 0 Å². The molecule has 2 bridgehead atoms. The minimum absolute atomic E-state index is 0.0240. The summed E-state index contributed by atoms with van der Waals surface area (Å²) >= 11 is 0. The number of fused-ring (bicyclic) bond motifs is 2. The summed E-state index contributed by atoms with van der Waals surface area (Å²) in [4.78, 5) is 40.9. The highest BCUT2D eigenvalue weighted by Crippen LogP contribution is 2.61. The lowest BCUT2D eigenvalue weighted by atomic mass is 9.45. The number of hydrogen-bond acceptors (Lipinski definition) is 11. The summed E-state index contributed by atoms with van der Waals surface area (Å²) in [6.07, 6.45) is 1.04. The van der Waals surface area contributed by atoms with Gasteiger partial charge in [-0.3, -0.25) is 14.4 Å². The second-order valence-electron chi connectivity index (χ2n) is 18.8. The number of rotatable bonds is 18. The number of benzene rings is 3. The lowest BCUT2D eigenvalue weighted by Crippen LogP contribution is -2.62. The first-order valence-corrected chi connectivity index (χ1v) is 21.8. The number of aliphatic hydroxyl groups is 3. The smallest absolute Gasteiger partial charge is 0.251 e. The van der Waals surface area contributed by atoms with Gasteiger partial charge in [-0.1, -0.05) is 51.1 Å². The van der Waals surface area contributed by atoms with Gasteiger partial charge in [-0.05, 0) is 105 Å². The van der Waals surface area contributed by atoms with Gasteiger partial charge in [0.1, 0.15) is 17.9 Å². The maximum absolute atomic E-state index is 14.4. The van der Waals surface area contributed by atoms with E-state index in [1.54, 1.807) is 19.1 Å². The molecule has 3 aromatic carbocycles. The molecule has 0 unspecified atom stereocenters. The number of carbonyl (C=O) groups is 2. The van der Waals surface area contributed by atoms with E-state index in [-0.39, 0.29) is 49.1 Å². The third-order valence-corrected chi connectivity index (χ3v) is 13.9. The Balaban J connectivity index is 1.27. The first-order chi connectivity index (χ1) is 29.0. The van der Waals surface area contributed by atoms with Crippen LogP contribution in [0.5, 0.6) is 5.75 Å². The van der Waals surface area contributed by atoms with Crippen molar-refractivity contribution in [3.05, 3.63) is 77.4 Å². The first-order valence-electron chi connectivity index (χ1n) is 21.8. The van der Waals surface area contributed by atoms with Gasteiger partial charge >= 0.3 is 0 Å². The molecule has 3 saturated carbocycles. The standard InChI is InChI=1S/C48H70N6O7/c1-29-40-24-35(48(40,3)4)25-41(29)50-47(59)44-43(30(2)57)42(28-56)61-54(44)26-32-14-12-16-39(45(32)60-10)33-21-34(23-38(22-33)52(7)8)46(58)49-36(27-51(5)6)19-31-13-11-15-37(20-31)53(9)17-18-55/h11-16,20-23,29-30,35-36,40-44,55-57H,17-19,24-28H2,1-10H3,(H,49,58)(H,50,59)/t29-,30-,35+,36-,40-,41-,42-,43+,44-/m0/s1. The summed E-state index contributed by atoms with van der Waals surface area (Å²) < 4.78 is 6.13. The zero-order chi connectivity index (χ0) is 44.3. The first kappa shape index (κ1) is 46.3. The van der Waals surface area contributed by atoms with E-state index in [0.717, 1.165) is 40.0 Å². The Bertz CT molecular complexity index is 1990. The van der Waals surface area contributed by atoms with E-state index in [1.807, 2.05) is 93.6 Å². The fraction of sp³-hybridized carbons (Fsp3) is 0.583. The van der Waals surface area contributed by atoms with Gasteiger partial charge in [0.15, 0.2) is 0 Å². The Labute approximate surface area is 363 Å². The highest BCUT2D eigenvalue weighted by atomic mass is 16.7. The summed E-state index contributed by atoms with van der Waals surface area (Å²) in [5.41, 5.74) is 5.96. The second kappa shape index (κ2) is 19.4. The highest BCUT2D eigenvalue weighted by Gasteiger charge is 2.57. The van der Waals surface area contributed by atoms with Crippen LogP contribution in [0.3, 0.4) is 0 Å². The number of ether oxygens (including phenoxy) is 1. The Hall–Kier alpha value is -4.24. The summed E-state index contributed by atoms with van der Waals surface area (Å²) in [7, 11) is 11.4. The molecule has 5 N–H and O–H groups in total. The molecular formula is C48H70N6O7. The van der Waals surface area contributed by atoms with Gasteiger partial charge in [0, 0.05) is 80.3 Å². The molecule has 7 rings (SSSR count). The van der Waals surface area contributed by atoms with E-state index >= 15 is 0 Å². The van der Waals surface area contributed by atoms with Gasteiger partial charge in [-0.25, -0.2) is 0 Å². The zero-order valence-corrected chi connectivity index (χ0v) is 37.9. The van der Waals surface area contributed by atoms with Crippen molar-refractivity contribution < 1.29 is 34.5 Å². The molecule has 9 atom stereocenters. The number of anilines is 2. The van der Waals surface area contributed by atoms with E-state index in [2.05, 4.69) is 48.4 Å². The third-order valence-electron chi connectivity index (χ3n) is 13.9. The number of aliphatic hydroxyl groups excluding tert-OH is 3. The van der Waals surface area contributed by atoms with E-state index in [0.29, 0.717) is 48.6 Å². The minimum atomic E-state index is -0.915. The topological polar surface area (TPSA) is 150 Å². The predicted octanol–water partition coefficient (Wildman–Crippen LogP) is 4.42. The molecular weight excluding hydrogens is 773 g/mol. The number of nitrogens with one attached hydrogen (secondary N) is 2. The van der Waals surface area contributed by atoms with Crippen molar-refractivity contribution in [2.45, 2.75) is 83.8 Å². The Morgan fingerprint density at radius 1 is 1.00 bits per heavy atom. The molecule has 0 aromatic heterocycles. The largest absolute Gasteiger partial charge is 0.496 e. The average molecular weight is 843 g/mol. The van der Waals surface area contributed by atoms with Crippen molar-refractivity contribution in [1.82, 2.24) is 20.6 Å². The second-order valence-corrected chi connectivity index (χ2v) is 18.8. The van der Waals surface area contributed by atoms with Crippen LogP contribution in [0.1, 0.15) is 62.0 Å². The summed E-state index contributed by atoms with van der Waals surface area (Å²) in [5.74, 6) is 0.918. The van der Waals surface area contributed by atoms with Crippen LogP contribution in [0.25, 0.3) is 11.1 Å². The van der Waals surface area contributed by atoms with Crippen LogP contribution in [0.4, 0.5) is 11.4 Å². The lowest BCUT2D eigenvalue weighted by molar-refractivity contribution is -0.183. The molecule has 0 spiro atoms. The van der Waals surface area contributed by atoms with Gasteiger partial charge in [-0.15, -0.1) is 0 Å². The molecule has 61 heavy (non-hydrogen) atoms. The van der Waals surface area contributed by atoms with E-state index in [9.17, 15) is 24.9 Å². The van der Waals surface area contributed by atoms with Gasteiger partial charge < -0.3 is 45.4 Å². The van der Waals surface area contributed by atoms with Crippen LogP contribution in [0.2, 0.25) is 0 Å². The normalized spacial score (nSPS) is 25.4. The van der Waals surface area contributed by atoms with Crippen LogP contribution in [0, 0.1) is 29.1 Å². The molecule has 13 heteroatoms. The Kier molecular flexibility index (Phi) is 14.7. The molecule has 1 saturated heterocycles. The SMILES string of the molecule is COc1c(CN2O[C@@H](CO)[C@@H]([C@H](C)O)[C@H]2C(=O)N[C@H]2C[C@H]3C[C@@H]([C@@H]2C)C3(C)C)cccc1-c1cc(C(=O)N[C@@H](Cc2cccc(N(C)CCO)c2)CN(C)C)cc(N(C)C)c1. The maximum Gasteiger partial charge on any atom is 0.251 e. The van der Waals surface area contributed by atoms with Gasteiger partial charge in [0.2, 0.25) is 5.91 Å². The third kappa shape index (κ3) is 10.0. The van der Waals surface area contributed by atoms with Crippen LogP contribution in [0.15, 0.2) is 60.7 Å². The Morgan fingerprint density at radius 3 is 2.36 bits per heavy atom. The quantitative estimate of drug-likeness (QED) is 0.124. The molecule has 1 heterocycles. The molecule has 1 aliphatic heterocycles. The van der Waals surface area contributed by atoms with Crippen molar-refractivity contribution in [3.8, 4) is 16.9 Å². The molecule has 4 aliphatic rings. The molecule has 0 radical (unpaired) electrons. The van der Waals surface area contributed by atoms with Crippen LogP contribution < -0.4 is 25.2 Å². The molecule has 2 amide bonds. The number of hydroxylamine groups is 2. The van der Waals surface area contributed by atoms with E-state index < -0.39 is 24.2 Å². The monoisotopic (exact) mass is 843 g/mol. The maximum atomic E-state index is 14.4. The lowest BCUT2D eigenvalue weighted by Gasteiger charge is -2.62. The van der Waals surface area contributed by atoms with Gasteiger partial charge in [0.25, 0.3) is 5.91 Å². The summed E-state index contributed by atoms with van der Waals surface area (Å²) in [6, 6.07) is 18.8. The summed E-state index contributed by atoms with van der Waals surface area (Å²) in [5, 5.41) is 39.2.